The average Bonchev–Trinajstić information content (AvgIpc) is 2.39. The summed E-state index contributed by atoms with van der Waals surface area (Å²) in [5.41, 5.74) is 4.57. The summed E-state index contributed by atoms with van der Waals surface area (Å²) in [5, 5.41) is 0. The largest absolute Gasteiger partial charge is 0.376 e. The fraction of sp³-hybridized carbons (Fsp3) is 0.636. The van der Waals surface area contributed by atoms with Crippen molar-refractivity contribution in [1.29, 1.82) is 0 Å². The van der Waals surface area contributed by atoms with Gasteiger partial charge in [0, 0.05) is 19.1 Å². The molecule has 0 spiro atoms. The van der Waals surface area contributed by atoms with Gasteiger partial charge in [-0.25, -0.2) is 15.8 Å². The molecule has 0 saturated carbocycles. The van der Waals surface area contributed by atoms with Crippen LogP contribution < -0.4 is 11.3 Å². The van der Waals surface area contributed by atoms with Crippen molar-refractivity contribution in [2.75, 3.05) is 19.1 Å². The number of anilines is 1. The molecule has 0 saturated heterocycles. The molecule has 1 atom stereocenters. The van der Waals surface area contributed by atoms with E-state index < -0.39 is 0 Å². The van der Waals surface area contributed by atoms with E-state index in [1.165, 1.54) is 0 Å². The molecule has 1 aliphatic heterocycles. The van der Waals surface area contributed by atoms with Gasteiger partial charge in [0.25, 0.3) is 0 Å². The van der Waals surface area contributed by atoms with Crippen molar-refractivity contribution in [3.05, 3.63) is 17.1 Å². The van der Waals surface area contributed by atoms with Crippen molar-refractivity contribution in [1.82, 2.24) is 9.97 Å². The third-order valence-corrected chi connectivity index (χ3v) is 2.92. The third-order valence-electron chi connectivity index (χ3n) is 2.92. The lowest BCUT2D eigenvalue weighted by molar-refractivity contribution is 0.0895. The second-order valence-electron chi connectivity index (χ2n) is 3.94. The standard InChI is InChI=1S/C11H18N4O2/c1-3-9(16-2)11-13-8-4-5-17-6-7(8)10(14-11)15-12/h9H,3-6,12H2,1-2H3,(H,13,14,15). The van der Waals surface area contributed by atoms with Crippen LogP contribution in [-0.4, -0.2) is 23.7 Å². The van der Waals surface area contributed by atoms with E-state index in [1.807, 2.05) is 6.92 Å². The van der Waals surface area contributed by atoms with Crippen LogP contribution in [0.1, 0.15) is 36.5 Å². The van der Waals surface area contributed by atoms with Crippen molar-refractivity contribution >= 4 is 5.82 Å². The molecule has 1 unspecified atom stereocenters. The molecule has 1 aliphatic rings. The molecule has 0 bridgehead atoms. The number of ether oxygens (including phenoxy) is 2. The number of rotatable bonds is 4. The molecule has 0 aliphatic carbocycles. The molecule has 0 amide bonds. The van der Waals surface area contributed by atoms with Crippen LogP contribution in [0, 0.1) is 0 Å². The summed E-state index contributed by atoms with van der Waals surface area (Å²) in [6.07, 6.45) is 1.53. The minimum Gasteiger partial charge on any atom is -0.376 e. The predicted octanol–water partition coefficient (Wildman–Crippen LogP) is 0.932. The van der Waals surface area contributed by atoms with Gasteiger partial charge in [-0.2, -0.15) is 0 Å². The molecule has 1 aromatic rings. The molecule has 1 aromatic heterocycles. The maximum Gasteiger partial charge on any atom is 0.159 e. The number of nitrogen functional groups attached to an aromatic ring is 1. The number of nitrogens with zero attached hydrogens (tertiary/aromatic N) is 2. The van der Waals surface area contributed by atoms with E-state index in [2.05, 4.69) is 15.4 Å². The number of methoxy groups -OCH3 is 1. The van der Waals surface area contributed by atoms with Gasteiger partial charge in [-0.05, 0) is 6.42 Å². The molecule has 3 N–H and O–H groups in total. The van der Waals surface area contributed by atoms with Crippen LogP contribution in [-0.2, 0) is 22.5 Å². The lowest BCUT2D eigenvalue weighted by atomic mass is 10.1. The van der Waals surface area contributed by atoms with Crippen molar-refractivity contribution in [3.8, 4) is 0 Å². The SMILES string of the molecule is CCC(OC)c1nc2c(c(NN)n1)COCC2. The maximum absolute atomic E-state index is 5.49. The summed E-state index contributed by atoms with van der Waals surface area (Å²) in [7, 11) is 1.66. The highest BCUT2D eigenvalue weighted by Crippen LogP contribution is 2.25. The van der Waals surface area contributed by atoms with Gasteiger partial charge in [0.2, 0.25) is 0 Å². The van der Waals surface area contributed by atoms with Crippen LogP contribution >= 0.6 is 0 Å². The van der Waals surface area contributed by atoms with Crippen molar-refractivity contribution < 1.29 is 9.47 Å². The molecule has 2 rings (SSSR count). The highest BCUT2D eigenvalue weighted by molar-refractivity contribution is 5.46. The Kier molecular flexibility index (Phi) is 3.88. The monoisotopic (exact) mass is 238 g/mol. The van der Waals surface area contributed by atoms with Gasteiger partial charge in [-0.1, -0.05) is 6.92 Å². The molecule has 6 heteroatoms. The second kappa shape index (κ2) is 5.39. The minimum atomic E-state index is -0.0877. The molecule has 0 aromatic carbocycles. The Bertz CT molecular complexity index is 376. The van der Waals surface area contributed by atoms with E-state index in [4.69, 9.17) is 15.3 Å². The lowest BCUT2D eigenvalue weighted by Crippen LogP contribution is -2.21. The summed E-state index contributed by atoms with van der Waals surface area (Å²) < 4.78 is 10.7. The van der Waals surface area contributed by atoms with Gasteiger partial charge in [0.1, 0.15) is 11.9 Å². The first-order valence-corrected chi connectivity index (χ1v) is 5.77. The van der Waals surface area contributed by atoms with Crippen molar-refractivity contribution in [3.63, 3.8) is 0 Å². The molecule has 17 heavy (non-hydrogen) atoms. The smallest absolute Gasteiger partial charge is 0.159 e. The van der Waals surface area contributed by atoms with Gasteiger partial charge in [0.15, 0.2) is 5.82 Å². The average molecular weight is 238 g/mol. The zero-order chi connectivity index (χ0) is 12.3. The molecular weight excluding hydrogens is 220 g/mol. The fourth-order valence-corrected chi connectivity index (χ4v) is 1.97. The van der Waals surface area contributed by atoms with E-state index in [0.29, 0.717) is 24.9 Å². The Morgan fingerprint density at radius 1 is 1.53 bits per heavy atom. The molecule has 6 nitrogen and oxygen atoms in total. The Balaban J connectivity index is 2.42. The molecule has 0 radical (unpaired) electrons. The van der Waals surface area contributed by atoms with Crippen LogP contribution in [0.15, 0.2) is 0 Å². The van der Waals surface area contributed by atoms with E-state index in [1.54, 1.807) is 7.11 Å². The first-order valence-electron chi connectivity index (χ1n) is 5.77. The summed E-state index contributed by atoms with van der Waals surface area (Å²) in [6, 6.07) is 0. The Labute approximate surface area is 101 Å². The van der Waals surface area contributed by atoms with E-state index in [-0.39, 0.29) is 6.10 Å². The number of nitrogens with one attached hydrogen (secondary N) is 1. The van der Waals surface area contributed by atoms with Crippen LogP contribution in [0.2, 0.25) is 0 Å². The first kappa shape index (κ1) is 12.2. The van der Waals surface area contributed by atoms with E-state index in [0.717, 1.165) is 24.1 Å². The van der Waals surface area contributed by atoms with Crippen LogP contribution in [0.5, 0.6) is 0 Å². The number of nitrogens with two attached hydrogens (primary N) is 1. The number of hydrogen-bond donors (Lipinski definition) is 2. The van der Waals surface area contributed by atoms with Crippen LogP contribution in [0.3, 0.4) is 0 Å². The van der Waals surface area contributed by atoms with Crippen molar-refractivity contribution in [2.24, 2.45) is 5.84 Å². The maximum atomic E-state index is 5.49. The van der Waals surface area contributed by atoms with Gasteiger partial charge >= 0.3 is 0 Å². The molecule has 2 heterocycles. The molecule has 0 fully saturated rings. The number of aromatic nitrogens is 2. The van der Waals surface area contributed by atoms with Crippen LogP contribution in [0.4, 0.5) is 5.82 Å². The fourth-order valence-electron chi connectivity index (χ4n) is 1.97. The second-order valence-corrected chi connectivity index (χ2v) is 3.94. The quantitative estimate of drug-likeness (QED) is 0.600. The van der Waals surface area contributed by atoms with E-state index in [9.17, 15) is 0 Å². The zero-order valence-electron chi connectivity index (χ0n) is 10.2. The Morgan fingerprint density at radius 2 is 2.35 bits per heavy atom. The first-order chi connectivity index (χ1) is 8.30. The summed E-state index contributed by atoms with van der Waals surface area (Å²) >= 11 is 0. The number of hydrazine groups is 1. The van der Waals surface area contributed by atoms with Gasteiger partial charge in [-0.3, -0.25) is 0 Å². The normalized spacial score (nSPS) is 16.4. The van der Waals surface area contributed by atoms with Gasteiger partial charge < -0.3 is 14.9 Å². The molecule has 94 valence electrons. The summed E-state index contributed by atoms with van der Waals surface area (Å²) in [6.45, 7) is 3.24. The number of fused-ring (bicyclic) bond motifs is 1. The Hall–Kier alpha value is -1.24. The van der Waals surface area contributed by atoms with Gasteiger partial charge in [0.05, 0.1) is 18.9 Å². The number of hydrogen-bond acceptors (Lipinski definition) is 6. The van der Waals surface area contributed by atoms with Gasteiger partial charge in [-0.15, -0.1) is 0 Å². The highest BCUT2D eigenvalue weighted by Gasteiger charge is 2.21. The summed E-state index contributed by atoms with van der Waals surface area (Å²) in [4.78, 5) is 8.95. The third kappa shape index (κ3) is 2.38. The minimum absolute atomic E-state index is 0.0877. The predicted molar refractivity (Wildman–Crippen MR) is 63.2 cm³/mol. The lowest BCUT2D eigenvalue weighted by Gasteiger charge is -2.21. The zero-order valence-corrected chi connectivity index (χ0v) is 10.2. The Morgan fingerprint density at radius 3 is 3.00 bits per heavy atom. The highest BCUT2D eigenvalue weighted by atomic mass is 16.5. The van der Waals surface area contributed by atoms with E-state index >= 15 is 0 Å². The molecular formula is C11H18N4O2. The topological polar surface area (TPSA) is 82.3 Å². The van der Waals surface area contributed by atoms with Crippen molar-refractivity contribution in [2.45, 2.75) is 32.5 Å². The summed E-state index contributed by atoms with van der Waals surface area (Å²) in [5.74, 6) is 6.81. The van der Waals surface area contributed by atoms with Crippen LogP contribution in [0.25, 0.3) is 0 Å².